The zero-order valence-corrected chi connectivity index (χ0v) is 11.5. The number of hydrogen-bond acceptors (Lipinski definition) is 3. The highest BCUT2D eigenvalue weighted by Crippen LogP contribution is 2.42. The predicted octanol–water partition coefficient (Wildman–Crippen LogP) is 3.76. The van der Waals surface area contributed by atoms with Crippen LogP contribution in [0.4, 0.5) is 5.13 Å². The molecule has 0 saturated carbocycles. The lowest BCUT2D eigenvalue weighted by Crippen LogP contribution is -1.95. The Balaban J connectivity index is 1.87. The van der Waals surface area contributed by atoms with Crippen molar-refractivity contribution in [2.75, 3.05) is 5.73 Å². The van der Waals surface area contributed by atoms with Gasteiger partial charge in [-0.2, -0.15) is 0 Å². The van der Waals surface area contributed by atoms with Crippen molar-refractivity contribution < 1.29 is 0 Å². The molecule has 3 heteroatoms. The molecule has 0 fully saturated rings. The van der Waals surface area contributed by atoms with E-state index < -0.39 is 0 Å². The molecule has 0 saturated heterocycles. The molecule has 3 rings (SSSR count). The van der Waals surface area contributed by atoms with Crippen molar-refractivity contribution in [1.29, 1.82) is 0 Å². The van der Waals surface area contributed by atoms with Gasteiger partial charge in [-0.05, 0) is 30.4 Å². The highest BCUT2D eigenvalue weighted by atomic mass is 32.1. The highest BCUT2D eigenvalue weighted by Gasteiger charge is 2.27. The Labute approximate surface area is 112 Å². The van der Waals surface area contributed by atoms with Gasteiger partial charge < -0.3 is 5.73 Å². The largest absolute Gasteiger partial charge is 0.375 e. The van der Waals surface area contributed by atoms with E-state index in [1.807, 2.05) is 0 Å². The van der Waals surface area contributed by atoms with E-state index in [4.69, 9.17) is 5.73 Å². The summed E-state index contributed by atoms with van der Waals surface area (Å²) in [6, 6.07) is 9.09. The van der Waals surface area contributed by atoms with Crippen molar-refractivity contribution >= 4 is 16.5 Å². The zero-order valence-electron chi connectivity index (χ0n) is 10.6. The highest BCUT2D eigenvalue weighted by molar-refractivity contribution is 7.15. The normalized spacial score (nSPS) is 17.9. The summed E-state index contributed by atoms with van der Waals surface area (Å²) in [5.41, 5.74) is 9.87. The van der Waals surface area contributed by atoms with Crippen LogP contribution in [0.1, 0.15) is 47.4 Å². The molecule has 18 heavy (non-hydrogen) atoms. The molecule has 1 aliphatic carbocycles. The minimum absolute atomic E-state index is 0.519. The molecule has 0 aliphatic heterocycles. The van der Waals surface area contributed by atoms with Crippen LogP contribution in [-0.2, 0) is 12.8 Å². The first-order chi connectivity index (χ1) is 8.78. The molecular formula is C15H18N2S. The maximum atomic E-state index is 5.80. The van der Waals surface area contributed by atoms with E-state index >= 15 is 0 Å². The number of nitrogen functional groups attached to an aromatic ring is 1. The van der Waals surface area contributed by atoms with E-state index in [-0.39, 0.29) is 0 Å². The van der Waals surface area contributed by atoms with Gasteiger partial charge in [0.2, 0.25) is 0 Å². The third-order valence-electron chi connectivity index (χ3n) is 3.65. The number of nitrogens with two attached hydrogens (primary N) is 1. The summed E-state index contributed by atoms with van der Waals surface area (Å²) in [5, 5.41) is 0.715. The average Bonchev–Trinajstić information content (AvgIpc) is 2.89. The summed E-state index contributed by atoms with van der Waals surface area (Å²) < 4.78 is 0. The van der Waals surface area contributed by atoms with Gasteiger partial charge in [0.15, 0.2) is 5.13 Å². The summed E-state index contributed by atoms with van der Waals surface area (Å²) in [4.78, 5) is 5.80. The third-order valence-corrected chi connectivity index (χ3v) is 4.69. The van der Waals surface area contributed by atoms with Gasteiger partial charge in [-0.1, -0.05) is 37.6 Å². The number of nitrogens with zero attached hydrogens (tertiary/aromatic N) is 1. The number of fused-ring (bicyclic) bond motifs is 1. The molecule has 1 atom stereocenters. The molecule has 0 spiro atoms. The smallest absolute Gasteiger partial charge is 0.180 e. The fourth-order valence-corrected chi connectivity index (χ4v) is 3.81. The molecule has 2 nitrogen and oxygen atoms in total. The topological polar surface area (TPSA) is 38.9 Å². The Hall–Kier alpha value is -1.35. The number of hydrogen-bond donors (Lipinski definition) is 1. The SMILES string of the molecule is CCCc1ccc(C2CCc3nc(N)sc32)cc1. The van der Waals surface area contributed by atoms with Gasteiger partial charge in [-0.25, -0.2) is 4.98 Å². The van der Waals surface area contributed by atoms with Gasteiger partial charge in [0.05, 0.1) is 5.69 Å². The Morgan fingerprint density at radius 1 is 1.33 bits per heavy atom. The molecule has 1 aromatic heterocycles. The summed E-state index contributed by atoms with van der Waals surface area (Å²) >= 11 is 1.66. The zero-order chi connectivity index (χ0) is 12.5. The molecule has 1 heterocycles. The Morgan fingerprint density at radius 3 is 2.83 bits per heavy atom. The number of aromatic nitrogens is 1. The summed E-state index contributed by atoms with van der Waals surface area (Å²) in [7, 11) is 0. The molecule has 1 aromatic carbocycles. The van der Waals surface area contributed by atoms with Gasteiger partial charge in [-0.15, -0.1) is 11.3 Å². The van der Waals surface area contributed by atoms with Gasteiger partial charge in [0.1, 0.15) is 0 Å². The Morgan fingerprint density at radius 2 is 2.11 bits per heavy atom. The third kappa shape index (κ3) is 2.03. The predicted molar refractivity (Wildman–Crippen MR) is 77.1 cm³/mol. The number of rotatable bonds is 3. The Kier molecular flexibility index (Phi) is 3.08. The maximum Gasteiger partial charge on any atom is 0.180 e. The first-order valence-electron chi connectivity index (χ1n) is 6.62. The first kappa shape index (κ1) is 11.7. The van der Waals surface area contributed by atoms with Crippen molar-refractivity contribution in [2.45, 2.75) is 38.5 Å². The van der Waals surface area contributed by atoms with E-state index in [0.717, 1.165) is 6.42 Å². The van der Waals surface area contributed by atoms with Crippen molar-refractivity contribution in [1.82, 2.24) is 4.98 Å². The molecule has 2 aromatic rings. The Bertz CT molecular complexity index is 542. The second-order valence-corrected chi connectivity index (χ2v) is 6.01. The summed E-state index contributed by atoms with van der Waals surface area (Å²) in [5.74, 6) is 0.519. The van der Waals surface area contributed by atoms with Crippen molar-refractivity contribution in [3.8, 4) is 0 Å². The quantitative estimate of drug-likeness (QED) is 0.910. The average molecular weight is 258 g/mol. The fourth-order valence-electron chi connectivity index (χ4n) is 2.77. The lowest BCUT2D eigenvalue weighted by atomic mass is 9.96. The second-order valence-electron chi connectivity index (χ2n) is 4.95. The van der Waals surface area contributed by atoms with Crippen LogP contribution in [0.2, 0.25) is 0 Å². The van der Waals surface area contributed by atoms with E-state index in [1.54, 1.807) is 11.3 Å². The van der Waals surface area contributed by atoms with Crippen LogP contribution in [0.3, 0.4) is 0 Å². The van der Waals surface area contributed by atoms with Gasteiger partial charge in [0, 0.05) is 10.8 Å². The maximum absolute atomic E-state index is 5.80. The van der Waals surface area contributed by atoms with Crippen LogP contribution in [0.25, 0.3) is 0 Å². The van der Waals surface area contributed by atoms with E-state index in [0.29, 0.717) is 11.0 Å². The molecule has 94 valence electrons. The minimum atomic E-state index is 0.519. The monoisotopic (exact) mass is 258 g/mol. The lowest BCUT2D eigenvalue weighted by Gasteiger charge is -2.10. The molecule has 0 radical (unpaired) electrons. The number of benzene rings is 1. The second kappa shape index (κ2) is 4.73. The number of thiazole rings is 1. The van der Waals surface area contributed by atoms with Gasteiger partial charge in [-0.3, -0.25) is 0 Å². The summed E-state index contributed by atoms with van der Waals surface area (Å²) in [6.45, 7) is 2.22. The molecular weight excluding hydrogens is 240 g/mol. The first-order valence-corrected chi connectivity index (χ1v) is 7.43. The fraction of sp³-hybridized carbons (Fsp3) is 0.400. The van der Waals surface area contributed by atoms with E-state index in [2.05, 4.69) is 36.2 Å². The van der Waals surface area contributed by atoms with Crippen LogP contribution in [0.5, 0.6) is 0 Å². The van der Waals surface area contributed by atoms with Crippen molar-refractivity contribution in [3.63, 3.8) is 0 Å². The molecule has 1 unspecified atom stereocenters. The summed E-state index contributed by atoms with van der Waals surface area (Å²) in [6.07, 6.45) is 4.63. The van der Waals surface area contributed by atoms with Crippen LogP contribution < -0.4 is 5.73 Å². The molecule has 1 aliphatic rings. The van der Waals surface area contributed by atoms with E-state index in [1.165, 1.54) is 41.0 Å². The van der Waals surface area contributed by atoms with Gasteiger partial charge >= 0.3 is 0 Å². The van der Waals surface area contributed by atoms with Crippen molar-refractivity contribution in [2.24, 2.45) is 0 Å². The number of aryl methyl sites for hydroxylation is 2. The lowest BCUT2D eigenvalue weighted by molar-refractivity contribution is 0.789. The van der Waals surface area contributed by atoms with Crippen LogP contribution in [0, 0.1) is 0 Å². The van der Waals surface area contributed by atoms with Crippen LogP contribution in [0.15, 0.2) is 24.3 Å². The van der Waals surface area contributed by atoms with Crippen molar-refractivity contribution in [3.05, 3.63) is 46.0 Å². The van der Waals surface area contributed by atoms with Crippen LogP contribution in [-0.4, -0.2) is 4.98 Å². The standard InChI is InChI=1S/C15H18N2S/c1-2-3-10-4-6-11(7-5-10)12-8-9-13-14(12)18-15(16)17-13/h4-7,12H,2-3,8-9H2,1H3,(H2,16,17). The minimum Gasteiger partial charge on any atom is -0.375 e. The van der Waals surface area contributed by atoms with E-state index in [9.17, 15) is 0 Å². The van der Waals surface area contributed by atoms with Gasteiger partial charge in [0.25, 0.3) is 0 Å². The number of anilines is 1. The molecule has 2 N–H and O–H groups in total. The van der Waals surface area contributed by atoms with Crippen LogP contribution >= 0.6 is 11.3 Å². The molecule has 0 amide bonds. The molecule has 0 bridgehead atoms.